The van der Waals surface area contributed by atoms with Crippen LogP contribution in [0.5, 0.6) is 0 Å². The van der Waals surface area contributed by atoms with Crippen LogP contribution in [-0.2, 0) is 10.0 Å². The standard InChI is InChI=1S/C9H11N3O2S2/c1-5-3-6(12-16(2,13)14)4-7-8(5)11-9(10)15-7/h3-4,12H,1-2H3,(H2,10,11). The summed E-state index contributed by atoms with van der Waals surface area (Å²) >= 11 is 1.34. The van der Waals surface area contributed by atoms with E-state index in [1.807, 2.05) is 6.92 Å². The smallest absolute Gasteiger partial charge is 0.229 e. The van der Waals surface area contributed by atoms with Crippen LogP contribution in [0.15, 0.2) is 12.1 Å². The van der Waals surface area contributed by atoms with Crippen LogP contribution in [0.3, 0.4) is 0 Å². The van der Waals surface area contributed by atoms with E-state index < -0.39 is 10.0 Å². The summed E-state index contributed by atoms with van der Waals surface area (Å²) in [5.41, 5.74) is 7.86. The Morgan fingerprint density at radius 2 is 2.12 bits per heavy atom. The Balaban J connectivity index is 2.57. The molecule has 1 aromatic carbocycles. The number of fused-ring (bicyclic) bond motifs is 1. The number of thiazole rings is 1. The van der Waals surface area contributed by atoms with Crippen molar-refractivity contribution in [2.75, 3.05) is 16.7 Å². The number of hydrogen-bond acceptors (Lipinski definition) is 5. The number of nitrogens with zero attached hydrogens (tertiary/aromatic N) is 1. The number of nitrogens with two attached hydrogens (primary N) is 1. The first-order valence-electron chi connectivity index (χ1n) is 4.49. The lowest BCUT2D eigenvalue weighted by Gasteiger charge is -2.04. The molecule has 7 heteroatoms. The summed E-state index contributed by atoms with van der Waals surface area (Å²) < 4.78 is 25.5. The first-order chi connectivity index (χ1) is 7.35. The fourth-order valence-corrected chi connectivity index (χ4v) is 2.88. The highest BCUT2D eigenvalue weighted by Crippen LogP contribution is 2.29. The van der Waals surface area contributed by atoms with Gasteiger partial charge < -0.3 is 5.73 Å². The third-order valence-electron chi connectivity index (χ3n) is 2.01. The molecular formula is C9H11N3O2S2. The van der Waals surface area contributed by atoms with E-state index in [9.17, 15) is 8.42 Å². The van der Waals surface area contributed by atoms with E-state index in [1.54, 1.807) is 12.1 Å². The van der Waals surface area contributed by atoms with Gasteiger partial charge in [0.2, 0.25) is 10.0 Å². The first-order valence-corrected chi connectivity index (χ1v) is 7.20. The lowest BCUT2D eigenvalue weighted by atomic mass is 10.2. The van der Waals surface area contributed by atoms with Gasteiger partial charge in [0.25, 0.3) is 0 Å². The zero-order valence-corrected chi connectivity index (χ0v) is 10.4. The SMILES string of the molecule is Cc1cc(NS(C)(=O)=O)cc2sc(N)nc12. The van der Waals surface area contributed by atoms with E-state index >= 15 is 0 Å². The van der Waals surface area contributed by atoms with Crippen molar-refractivity contribution in [3.05, 3.63) is 17.7 Å². The van der Waals surface area contributed by atoms with Crippen LogP contribution < -0.4 is 10.5 Å². The van der Waals surface area contributed by atoms with Crippen molar-refractivity contribution in [1.29, 1.82) is 0 Å². The number of nitrogens with one attached hydrogen (secondary N) is 1. The van der Waals surface area contributed by atoms with Crippen LogP contribution in [0, 0.1) is 6.92 Å². The van der Waals surface area contributed by atoms with Crippen LogP contribution in [0.25, 0.3) is 10.2 Å². The maximum atomic E-state index is 11.1. The molecule has 0 fully saturated rings. The fourth-order valence-electron chi connectivity index (χ4n) is 1.49. The lowest BCUT2D eigenvalue weighted by molar-refractivity contribution is 0.607. The third-order valence-corrected chi connectivity index (χ3v) is 3.44. The Bertz CT molecular complexity index is 646. The molecular weight excluding hydrogens is 246 g/mol. The summed E-state index contributed by atoms with van der Waals surface area (Å²) in [6, 6.07) is 3.47. The van der Waals surface area contributed by atoms with Gasteiger partial charge in [-0.1, -0.05) is 11.3 Å². The van der Waals surface area contributed by atoms with Crippen LogP contribution in [0.4, 0.5) is 10.8 Å². The molecule has 2 aromatic rings. The highest BCUT2D eigenvalue weighted by Gasteiger charge is 2.08. The molecule has 0 atom stereocenters. The minimum Gasteiger partial charge on any atom is -0.375 e. The Morgan fingerprint density at radius 1 is 1.44 bits per heavy atom. The van der Waals surface area contributed by atoms with Gasteiger partial charge in [0, 0.05) is 0 Å². The molecule has 1 aromatic heterocycles. The highest BCUT2D eigenvalue weighted by molar-refractivity contribution is 7.92. The first kappa shape index (κ1) is 11.2. The highest BCUT2D eigenvalue weighted by atomic mass is 32.2. The van der Waals surface area contributed by atoms with E-state index in [1.165, 1.54) is 11.3 Å². The molecule has 0 aliphatic carbocycles. The monoisotopic (exact) mass is 257 g/mol. The Morgan fingerprint density at radius 3 is 2.75 bits per heavy atom. The molecule has 16 heavy (non-hydrogen) atoms. The molecule has 0 aliphatic heterocycles. The number of nitrogen functional groups attached to an aromatic ring is 1. The minimum absolute atomic E-state index is 0.481. The van der Waals surface area contributed by atoms with Crippen LogP contribution in [-0.4, -0.2) is 19.7 Å². The van der Waals surface area contributed by atoms with Gasteiger partial charge in [-0.05, 0) is 24.6 Å². The average molecular weight is 257 g/mol. The van der Waals surface area contributed by atoms with Gasteiger partial charge in [-0.2, -0.15) is 0 Å². The molecule has 0 spiro atoms. The topological polar surface area (TPSA) is 85.1 Å². The van der Waals surface area contributed by atoms with Gasteiger partial charge in [-0.25, -0.2) is 13.4 Å². The van der Waals surface area contributed by atoms with Crippen molar-refractivity contribution < 1.29 is 8.42 Å². The van der Waals surface area contributed by atoms with Crippen LogP contribution >= 0.6 is 11.3 Å². The van der Waals surface area contributed by atoms with Crippen molar-refractivity contribution in [1.82, 2.24) is 4.98 Å². The number of rotatable bonds is 2. The number of sulfonamides is 1. The third kappa shape index (κ3) is 2.25. The molecule has 2 rings (SSSR count). The van der Waals surface area contributed by atoms with Crippen molar-refractivity contribution in [3.63, 3.8) is 0 Å². The molecule has 3 N–H and O–H groups in total. The molecule has 0 unspecified atom stereocenters. The van der Waals surface area contributed by atoms with E-state index in [2.05, 4.69) is 9.71 Å². The van der Waals surface area contributed by atoms with Gasteiger partial charge in [-0.15, -0.1) is 0 Å². The second kappa shape index (κ2) is 3.60. The molecule has 0 radical (unpaired) electrons. The van der Waals surface area contributed by atoms with Crippen molar-refractivity contribution in [2.24, 2.45) is 0 Å². The molecule has 0 saturated heterocycles. The van der Waals surface area contributed by atoms with Gasteiger partial charge in [-0.3, -0.25) is 4.72 Å². The lowest BCUT2D eigenvalue weighted by Crippen LogP contribution is -2.09. The van der Waals surface area contributed by atoms with Crippen LogP contribution in [0.1, 0.15) is 5.56 Å². The predicted molar refractivity (Wildman–Crippen MR) is 67.2 cm³/mol. The van der Waals surface area contributed by atoms with E-state index in [-0.39, 0.29) is 0 Å². The summed E-state index contributed by atoms with van der Waals surface area (Å²) in [6.45, 7) is 1.87. The fraction of sp³-hybridized carbons (Fsp3) is 0.222. The predicted octanol–water partition coefficient (Wildman–Crippen LogP) is 1.56. The minimum atomic E-state index is -3.25. The zero-order chi connectivity index (χ0) is 11.9. The second-order valence-corrected chi connectivity index (χ2v) is 6.38. The molecule has 0 saturated carbocycles. The summed E-state index contributed by atoms with van der Waals surface area (Å²) in [7, 11) is -3.25. The molecule has 0 amide bonds. The summed E-state index contributed by atoms with van der Waals surface area (Å²) in [5, 5.41) is 0.481. The quantitative estimate of drug-likeness (QED) is 0.855. The maximum Gasteiger partial charge on any atom is 0.229 e. The Kier molecular flexibility index (Phi) is 2.51. The molecule has 0 aliphatic rings. The number of aryl methyl sites for hydroxylation is 1. The molecule has 0 bridgehead atoms. The average Bonchev–Trinajstić information content (AvgIpc) is 2.42. The molecule has 1 heterocycles. The number of anilines is 2. The summed E-state index contributed by atoms with van der Waals surface area (Å²) in [4.78, 5) is 4.17. The van der Waals surface area contributed by atoms with Gasteiger partial charge in [0.15, 0.2) is 5.13 Å². The molecule has 86 valence electrons. The van der Waals surface area contributed by atoms with Gasteiger partial charge in [0.05, 0.1) is 22.2 Å². The van der Waals surface area contributed by atoms with Gasteiger partial charge >= 0.3 is 0 Å². The largest absolute Gasteiger partial charge is 0.375 e. The van der Waals surface area contributed by atoms with Crippen molar-refractivity contribution in [2.45, 2.75) is 6.92 Å². The van der Waals surface area contributed by atoms with E-state index in [4.69, 9.17) is 5.73 Å². The van der Waals surface area contributed by atoms with Crippen LogP contribution in [0.2, 0.25) is 0 Å². The number of benzene rings is 1. The summed E-state index contributed by atoms with van der Waals surface area (Å²) in [5.74, 6) is 0. The normalized spacial score (nSPS) is 11.9. The summed E-state index contributed by atoms with van der Waals surface area (Å²) in [6.07, 6.45) is 1.12. The number of aromatic nitrogens is 1. The number of hydrogen-bond donors (Lipinski definition) is 2. The second-order valence-electron chi connectivity index (χ2n) is 3.57. The maximum absolute atomic E-state index is 11.1. The Labute approximate surface area is 97.4 Å². The van der Waals surface area contributed by atoms with Gasteiger partial charge in [0.1, 0.15) is 0 Å². The zero-order valence-electron chi connectivity index (χ0n) is 8.81. The van der Waals surface area contributed by atoms with Crippen molar-refractivity contribution >= 4 is 42.4 Å². The van der Waals surface area contributed by atoms with E-state index in [0.717, 1.165) is 22.0 Å². The van der Waals surface area contributed by atoms with E-state index in [0.29, 0.717) is 10.8 Å². The molecule has 5 nitrogen and oxygen atoms in total. The Hall–Kier alpha value is -1.34. The van der Waals surface area contributed by atoms with Crippen molar-refractivity contribution in [3.8, 4) is 0 Å².